The van der Waals surface area contributed by atoms with E-state index >= 15 is 0 Å². The second kappa shape index (κ2) is 6.04. The van der Waals surface area contributed by atoms with Crippen LogP contribution in [0.2, 0.25) is 0 Å². The highest BCUT2D eigenvalue weighted by atomic mass is 32.2. The first-order valence-electron chi connectivity index (χ1n) is 6.51. The van der Waals surface area contributed by atoms with Crippen LogP contribution in [0.1, 0.15) is 5.82 Å². The van der Waals surface area contributed by atoms with Gasteiger partial charge >= 0.3 is 0 Å². The predicted octanol–water partition coefficient (Wildman–Crippen LogP) is 0.850. The fraction of sp³-hybridized carbons (Fsp3) is 0.385. The highest BCUT2D eigenvalue weighted by Crippen LogP contribution is 2.15. The van der Waals surface area contributed by atoms with E-state index in [1.807, 2.05) is 27.7 Å². The van der Waals surface area contributed by atoms with E-state index in [0.717, 1.165) is 23.8 Å². The Morgan fingerprint density at radius 2 is 2.25 bits per heavy atom. The summed E-state index contributed by atoms with van der Waals surface area (Å²) in [7, 11) is 0. The first kappa shape index (κ1) is 13.1. The molecule has 0 radical (unpaired) electrons. The molecule has 1 amide bonds. The molecule has 20 heavy (non-hydrogen) atoms. The number of aromatic nitrogens is 4. The maximum absolute atomic E-state index is 12.2. The van der Waals surface area contributed by atoms with E-state index in [9.17, 15) is 4.79 Å². The van der Waals surface area contributed by atoms with Crippen molar-refractivity contribution in [1.29, 1.82) is 0 Å². The van der Waals surface area contributed by atoms with Crippen LogP contribution in [-0.2, 0) is 17.8 Å². The van der Waals surface area contributed by atoms with Gasteiger partial charge in [-0.2, -0.15) is 0 Å². The van der Waals surface area contributed by atoms with Crippen molar-refractivity contribution in [1.82, 2.24) is 24.6 Å². The van der Waals surface area contributed by atoms with Gasteiger partial charge in [-0.15, -0.1) is 10.2 Å². The monoisotopic (exact) mass is 289 g/mol. The minimum atomic E-state index is 0.152. The molecule has 1 aliphatic rings. The van der Waals surface area contributed by atoms with Crippen molar-refractivity contribution in [3.63, 3.8) is 0 Å². The van der Waals surface area contributed by atoms with Crippen molar-refractivity contribution in [2.75, 3.05) is 18.8 Å². The van der Waals surface area contributed by atoms with E-state index in [1.54, 1.807) is 12.5 Å². The van der Waals surface area contributed by atoms with Gasteiger partial charge in [0.1, 0.15) is 12.2 Å². The van der Waals surface area contributed by atoms with Gasteiger partial charge in [-0.3, -0.25) is 4.79 Å². The minimum Gasteiger partial charge on any atom is -0.340 e. The van der Waals surface area contributed by atoms with Gasteiger partial charge < -0.3 is 9.47 Å². The molecule has 7 heteroatoms. The number of amides is 1. The van der Waals surface area contributed by atoms with Crippen LogP contribution >= 0.6 is 11.8 Å². The van der Waals surface area contributed by atoms with Gasteiger partial charge in [0.05, 0.1) is 10.8 Å². The van der Waals surface area contributed by atoms with Crippen molar-refractivity contribution < 1.29 is 4.79 Å². The quantitative estimate of drug-likeness (QED) is 0.784. The maximum atomic E-state index is 12.2. The predicted molar refractivity (Wildman–Crippen MR) is 75.3 cm³/mol. The fourth-order valence-electron chi connectivity index (χ4n) is 2.14. The standard InChI is InChI=1S/C13H15N5OS/c19-13(9-20-12-3-1-2-5-14-12)17-6-4-11-16-15-10-18(11)8-7-17/h1-3,5,10H,4,6-9H2. The number of pyridine rings is 1. The molecule has 3 heterocycles. The summed E-state index contributed by atoms with van der Waals surface area (Å²) in [4.78, 5) is 18.3. The molecule has 0 saturated heterocycles. The lowest BCUT2D eigenvalue weighted by atomic mass is 10.4. The van der Waals surface area contributed by atoms with Crippen LogP contribution in [0.15, 0.2) is 35.7 Å². The summed E-state index contributed by atoms with van der Waals surface area (Å²) >= 11 is 1.48. The Balaban J connectivity index is 1.54. The smallest absolute Gasteiger partial charge is 0.233 e. The van der Waals surface area contributed by atoms with E-state index in [2.05, 4.69) is 15.2 Å². The number of carbonyl (C=O) groups excluding carboxylic acids is 1. The Hall–Kier alpha value is -1.89. The molecule has 0 atom stereocenters. The minimum absolute atomic E-state index is 0.152. The third kappa shape index (κ3) is 2.98. The number of nitrogens with zero attached hydrogens (tertiary/aromatic N) is 5. The van der Waals surface area contributed by atoms with Crippen molar-refractivity contribution in [2.45, 2.75) is 18.0 Å². The molecule has 2 aromatic heterocycles. The average Bonchev–Trinajstić information content (AvgIpc) is 2.84. The van der Waals surface area contributed by atoms with E-state index in [4.69, 9.17) is 0 Å². The summed E-state index contributed by atoms with van der Waals surface area (Å²) in [6, 6.07) is 5.72. The Bertz CT molecular complexity index is 563. The van der Waals surface area contributed by atoms with Gasteiger partial charge in [-0.25, -0.2) is 4.98 Å². The Labute approximate surface area is 121 Å². The maximum Gasteiger partial charge on any atom is 0.233 e. The number of hydrogen-bond acceptors (Lipinski definition) is 5. The Morgan fingerprint density at radius 3 is 3.10 bits per heavy atom. The molecule has 0 unspecified atom stereocenters. The van der Waals surface area contributed by atoms with Gasteiger partial charge in [-0.1, -0.05) is 17.8 Å². The molecule has 3 rings (SSSR count). The van der Waals surface area contributed by atoms with Crippen molar-refractivity contribution in [3.05, 3.63) is 36.5 Å². The van der Waals surface area contributed by atoms with Crippen LogP contribution in [-0.4, -0.2) is 49.4 Å². The normalized spacial score (nSPS) is 14.7. The van der Waals surface area contributed by atoms with E-state index in [0.29, 0.717) is 18.8 Å². The van der Waals surface area contributed by atoms with Crippen LogP contribution in [0.5, 0.6) is 0 Å². The first-order chi connectivity index (χ1) is 9.83. The van der Waals surface area contributed by atoms with E-state index in [1.165, 1.54) is 11.8 Å². The van der Waals surface area contributed by atoms with Crippen LogP contribution < -0.4 is 0 Å². The number of hydrogen-bond donors (Lipinski definition) is 0. The third-order valence-corrected chi connectivity index (χ3v) is 4.17. The summed E-state index contributed by atoms with van der Waals surface area (Å²) in [5.41, 5.74) is 0. The molecule has 0 aromatic carbocycles. The van der Waals surface area contributed by atoms with Crippen LogP contribution in [0.3, 0.4) is 0 Å². The largest absolute Gasteiger partial charge is 0.340 e. The second-order valence-electron chi connectivity index (χ2n) is 4.53. The molecule has 2 aromatic rings. The molecule has 0 saturated carbocycles. The van der Waals surface area contributed by atoms with Gasteiger partial charge in [-0.05, 0) is 12.1 Å². The molecule has 0 N–H and O–H groups in total. The number of fused-ring (bicyclic) bond motifs is 1. The highest BCUT2D eigenvalue weighted by molar-refractivity contribution is 7.99. The van der Waals surface area contributed by atoms with Crippen molar-refractivity contribution >= 4 is 17.7 Å². The summed E-state index contributed by atoms with van der Waals surface area (Å²) in [6.07, 6.45) is 4.23. The SMILES string of the molecule is O=C(CSc1ccccn1)N1CCc2nncn2CC1. The van der Waals surface area contributed by atoms with Gasteiger partial charge in [0.15, 0.2) is 0 Å². The molecule has 104 valence electrons. The van der Waals surface area contributed by atoms with Crippen molar-refractivity contribution in [3.8, 4) is 0 Å². The van der Waals surface area contributed by atoms with Gasteiger partial charge in [0.2, 0.25) is 5.91 Å². The molecule has 1 aliphatic heterocycles. The van der Waals surface area contributed by atoms with E-state index in [-0.39, 0.29) is 5.91 Å². The van der Waals surface area contributed by atoms with Crippen LogP contribution in [0, 0.1) is 0 Å². The van der Waals surface area contributed by atoms with E-state index < -0.39 is 0 Å². The molecule has 0 aliphatic carbocycles. The zero-order chi connectivity index (χ0) is 13.8. The molecule has 6 nitrogen and oxygen atoms in total. The lowest BCUT2D eigenvalue weighted by molar-refractivity contribution is -0.128. The zero-order valence-corrected chi connectivity index (χ0v) is 11.8. The number of thioether (sulfide) groups is 1. The summed E-state index contributed by atoms with van der Waals surface area (Å²) < 4.78 is 2.01. The Kier molecular flexibility index (Phi) is 3.96. The second-order valence-corrected chi connectivity index (χ2v) is 5.52. The van der Waals surface area contributed by atoms with Gasteiger partial charge in [0.25, 0.3) is 0 Å². The molecule has 0 spiro atoms. The summed E-state index contributed by atoms with van der Waals surface area (Å²) in [6.45, 7) is 2.19. The average molecular weight is 289 g/mol. The lowest BCUT2D eigenvalue weighted by Gasteiger charge is -2.19. The third-order valence-electron chi connectivity index (χ3n) is 3.25. The zero-order valence-electron chi connectivity index (χ0n) is 11.0. The van der Waals surface area contributed by atoms with Gasteiger partial charge in [0, 0.05) is 32.3 Å². The van der Waals surface area contributed by atoms with Crippen LogP contribution in [0.4, 0.5) is 0 Å². The topological polar surface area (TPSA) is 63.9 Å². The number of rotatable bonds is 3. The lowest BCUT2D eigenvalue weighted by Crippen LogP contribution is -2.34. The summed E-state index contributed by atoms with van der Waals surface area (Å²) in [5.74, 6) is 1.54. The fourth-order valence-corrected chi connectivity index (χ4v) is 2.91. The Morgan fingerprint density at radius 1 is 1.30 bits per heavy atom. The molecular weight excluding hydrogens is 274 g/mol. The van der Waals surface area contributed by atoms with Crippen molar-refractivity contribution in [2.24, 2.45) is 0 Å². The number of carbonyl (C=O) groups is 1. The molecule has 0 fully saturated rings. The summed E-state index contributed by atoms with van der Waals surface area (Å²) in [5, 5.41) is 8.83. The molecule has 0 bridgehead atoms. The highest BCUT2D eigenvalue weighted by Gasteiger charge is 2.19. The first-order valence-corrected chi connectivity index (χ1v) is 7.50. The molecular formula is C13H15N5OS. The van der Waals surface area contributed by atoms with Crippen LogP contribution in [0.25, 0.3) is 0 Å².